The van der Waals surface area contributed by atoms with Gasteiger partial charge in [-0.15, -0.1) is 0 Å². The molecule has 1 aliphatic heterocycles. The Morgan fingerprint density at radius 2 is 2.00 bits per heavy atom. The Bertz CT molecular complexity index is 248. The molecule has 0 aromatic heterocycles. The van der Waals surface area contributed by atoms with Crippen LogP contribution in [0, 0.1) is 5.41 Å². The standard InChI is InChI=1S/C15H26O2/c1-15(10-3-2-4-11-15)14(16)9-5-7-13-8-6-12-17-13/h13H,2-12H2,1H3. The summed E-state index contributed by atoms with van der Waals surface area (Å²) in [5.41, 5.74) is 0.00871. The zero-order valence-electron chi connectivity index (χ0n) is 11.2. The molecule has 1 atom stereocenters. The van der Waals surface area contributed by atoms with Crippen LogP contribution in [-0.2, 0) is 9.53 Å². The molecule has 1 saturated heterocycles. The first-order valence-electron chi connectivity index (χ1n) is 7.36. The average molecular weight is 238 g/mol. The molecular weight excluding hydrogens is 212 g/mol. The maximum Gasteiger partial charge on any atom is 0.138 e. The molecular formula is C15H26O2. The van der Waals surface area contributed by atoms with E-state index in [4.69, 9.17) is 4.74 Å². The van der Waals surface area contributed by atoms with Gasteiger partial charge in [-0.25, -0.2) is 0 Å². The van der Waals surface area contributed by atoms with Crippen molar-refractivity contribution in [3.05, 3.63) is 0 Å². The van der Waals surface area contributed by atoms with Gasteiger partial charge in [-0.1, -0.05) is 26.2 Å². The second kappa shape index (κ2) is 5.99. The number of carbonyl (C=O) groups is 1. The van der Waals surface area contributed by atoms with Crippen molar-refractivity contribution in [2.45, 2.75) is 77.2 Å². The fourth-order valence-electron chi connectivity index (χ4n) is 3.28. The van der Waals surface area contributed by atoms with Gasteiger partial charge in [0.15, 0.2) is 0 Å². The van der Waals surface area contributed by atoms with Crippen LogP contribution in [0.2, 0.25) is 0 Å². The minimum absolute atomic E-state index is 0.00871. The molecule has 1 aliphatic carbocycles. The smallest absolute Gasteiger partial charge is 0.138 e. The fraction of sp³-hybridized carbons (Fsp3) is 0.933. The third kappa shape index (κ3) is 3.54. The van der Waals surface area contributed by atoms with E-state index in [9.17, 15) is 4.79 Å². The summed E-state index contributed by atoms with van der Waals surface area (Å²) in [6.07, 6.45) is 11.8. The van der Waals surface area contributed by atoms with E-state index >= 15 is 0 Å². The Kier molecular flexibility index (Phi) is 4.61. The predicted octanol–water partition coefficient (Wildman–Crippen LogP) is 3.88. The topological polar surface area (TPSA) is 26.3 Å². The normalized spacial score (nSPS) is 28.2. The highest BCUT2D eigenvalue weighted by Crippen LogP contribution is 2.37. The van der Waals surface area contributed by atoms with Crippen LogP contribution in [0.15, 0.2) is 0 Å². The van der Waals surface area contributed by atoms with Gasteiger partial charge in [-0.2, -0.15) is 0 Å². The third-order valence-electron chi connectivity index (χ3n) is 4.58. The van der Waals surface area contributed by atoms with Crippen LogP contribution in [0.1, 0.15) is 71.1 Å². The van der Waals surface area contributed by atoms with Crippen LogP contribution >= 0.6 is 0 Å². The van der Waals surface area contributed by atoms with Gasteiger partial charge < -0.3 is 4.74 Å². The van der Waals surface area contributed by atoms with Crippen LogP contribution in [0.4, 0.5) is 0 Å². The largest absolute Gasteiger partial charge is 0.378 e. The quantitative estimate of drug-likeness (QED) is 0.726. The van der Waals surface area contributed by atoms with Gasteiger partial charge in [-0.3, -0.25) is 4.79 Å². The van der Waals surface area contributed by atoms with Crippen molar-refractivity contribution in [1.29, 1.82) is 0 Å². The van der Waals surface area contributed by atoms with Crippen molar-refractivity contribution >= 4 is 5.78 Å². The van der Waals surface area contributed by atoms with Crippen molar-refractivity contribution in [3.8, 4) is 0 Å². The molecule has 0 amide bonds. The fourth-order valence-corrected chi connectivity index (χ4v) is 3.28. The Hall–Kier alpha value is -0.370. The van der Waals surface area contributed by atoms with E-state index < -0.39 is 0 Å². The molecule has 2 aliphatic rings. The minimum atomic E-state index is 0.00871. The molecule has 2 nitrogen and oxygen atoms in total. The molecule has 1 unspecified atom stereocenters. The van der Waals surface area contributed by atoms with Crippen LogP contribution in [0.3, 0.4) is 0 Å². The highest BCUT2D eigenvalue weighted by atomic mass is 16.5. The van der Waals surface area contributed by atoms with Crippen molar-refractivity contribution in [2.75, 3.05) is 6.61 Å². The average Bonchev–Trinajstić information content (AvgIpc) is 2.83. The number of hydrogen-bond donors (Lipinski definition) is 0. The zero-order valence-corrected chi connectivity index (χ0v) is 11.2. The molecule has 0 aromatic rings. The van der Waals surface area contributed by atoms with Crippen LogP contribution in [0.25, 0.3) is 0 Å². The first kappa shape index (κ1) is 13.1. The molecule has 17 heavy (non-hydrogen) atoms. The van der Waals surface area contributed by atoms with E-state index in [1.807, 2.05) is 0 Å². The lowest BCUT2D eigenvalue weighted by atomic mass is 9.71. The Balaban J connectivity index is 1.68. The molecule has 2 rings (SSSR count). The lowest BCUT2D eigenvalue weighted by Gasteiger charge is -2.32. The summed E-state index contributed by atoms with van der Waals surface area (Å²) in [4.78, 5) is 12.3. The van der Waals surface area contributed by atoms with Crippen molar-refractivity contribution in [2.24, 2.45) is 5.41 Å². The van der Waals surface area contributed by atoms with Crippen molar-refractivity contribution in [1.82, 2.24) is 0 Å². The lowest BCUT2D eigenvalue weighted by molar-refractivity contribution is -0.129. The number of ether oxygens (including phenoxy) is 1. The maximum atomic E-state index is 12.3. The van der Waals surface area contributed by atoms with Crippen molar-refractivity contribution in [3.63, 3.8) is 0 Å². The first-order valence-corrected chi connectivity index (χ1v) is 7.36. The lowest BCUT2D eigenvalue weighted by Crippen LogP contribution is -2.30. The monoisotopic (exact) mass is 238 g/mol. The summed E-state index contributed by atoms with van der Waals surface area (Å²) >= 11 is 0. The predicted molar refractivity (Wildman–Crippen MR) is 69.0 cm³/mol. The molecule has 1 heterocycles. The number of carbonyl (C=O) groups excluding carboxylic acids is 1. The second-order valence-electron chi connectivity index (χ2n) is 6.07. The summed E-state index contributed by atoms with van der Waals surface area (Å²) in [7, 11) is 0. The summed E-state index contributed by atoms with van der Waals surface area (Å²) < 4.78 is 5.59. The SMILES string of the molecule is CC1(C(=O)CCCC2CCCO2)CCCCC1. The Morgan fingerprint density at radius 3 is 2.65 bits per heavy atom. The van der Waals surface area contributed by atoms with Crippen LogP contribution in [0.5, 0.6) is 0 Å². The number of hydrogen-bond acceptors (Lipinski definition) is 2. The van der Waals surface area contributed by atoms with Gasteiger partial charge in [0.05, 0.1) is 6.10 Å². The highest BCUT2D eigenvalue weighted by Gasteiger charge is 2.33. The summed E-state index contributed by atoms with van der Waals surface area (Å²) in [5, 5.41) is 0. The second-order valence-corrected chi connectivity index (χ2v) is 6.07. The van der Waals surface area contributed by atoms with Gasteiger partial charge in [0, 0.05) is 18.4 Å². The number of Topliss-reactive ketones (excluding diaryl/α,β-unsaturated/α-hetero) is 1. The van der Waals surface area contributed by atoms with E-state index in [2.05, 4.69) is 6.92 Å². The van der Waals surface area contributed by atoms with E-state index in [-0.39, 0.29) is 5.41 Å². The van der Waals surface area contributed by atoms with Gasteiger partial charge in [0.2, 0.25) is 0 Å². The maximum absolute atomic E-state index is 12.3. The zero-order chi connectivity index (χ0) is 12.1. The van der Waals surface area contributed by atoms with Gasteiger partial charge in [0.25, 0.3) is 0 Å². The molecule has 1 saturated carbocycles. The van der Waals surface area contributed by atoms with Crippen LogP contribution < -0.4 is 0 Å². The Morgan fingerprint density at radius 1 is 1.24 bits per heavy atom. The summed E-state index contributed by atoms with van der Waals surface area (Å²) in [6, 6.07) is 0. The molecule has 0 spiro atoms. The van der Waals surface area contributed by atoms with Gasteiger partial charge in [-0.05, 0) is 38.5 Å². The number of rotatable bonds is 5. The molecule has 0 bridgehead atoms. The molecule has 0 radical (unpaired) electrons. The highest BCUT2D eigenvalue weighted by molar-refractivity contribution is 5.84. The van der Waals surface area contributed by atoms with Gasteiger partial charge >= 0.3 is 0 Å². The van der Waals surface area contributed by atoms with Crippen LogP contribution in [-0.4, -0.2) is 18.5 Å². The molecule has 2 fully saturated rings. The van der Waals surface area contributed by atoms with E-state index in [1.54, 1.807) is 0 Å². The Labute approximate surface area is 105 Å². The van der Waals surface area contributed by atoms with E-state index in [1.165, 1.54) is 32.1 Å². The molecule has 0 N–H and O–H groups in total. The third-order valence-corrected chi connectivity index (χ3v) is 4.58. The van der Waals surface area contributed by atoms with E-state index in [0.29, 0.717) is 11.9 Å². The van der Waals surface area contributed by atoms with Crippen molar-refractivity contribution < 1.29 is 9.53 Å². The molecule has 0 aromatic carbocycles. The molecule has 98 valence electrons. The van der Waals surface area contributed by atoms with Gasteiger partial charge in [0.1, 0.15) is 5.78 Å². The van der Waals surface area contributed by atoms with E-state index in [0.717, 1.165) is 38.7 Å². The number of ketones is 1. The minimum Gasteiger partial charge on any atom is -0.378 e. The first-order chi connectivity index (χ1) is 8.21. The summed E-state index contributed by atoms with van der Waals surface area (Å²) in [5.74, 6) is 0.509. The molecule has 2 heteroatoms. The summed E-state index contributed by atoms with van der Waals surface area (Å²) in [6.45, 7) is 3.11.